The van der Waals surface area contributed by atoms with Crippen LogP contribution in [0.2, 0.25) is 5.02 Å². The van der Waals surface area contributed by atoms with E-state index in [0.717, 1.165) is 42.8 Å². The van der Waals surface area contributed by atoms with E-state index >= 15 is 0 Å². The summed E-state index contributed by atoms with van der Waals surface area (Å²) in [6.07, 6.45) is 6.05. The summed E-state index contributed by atoms with van der Waals surface area (Å²) in [6, 6.07) is 8.15. The summed E-state index contributed by atoms with van der Waals surface area (Å²) < 4.78 is 12.8. The first-order valence-electron chi connectivity index (χ1n) is 9.00. The van der Waals surface area contributed by atoms with Crippen molar-refractivity contribution in [1.29, 1.82) is 0 Å². The van der Waals surface area contributed by atoms with E-state index in [1.807, 2.05) is 22.9 Å². The lowest BCUT2D eigenvalue weighted by Crippen LogP contribution is -2.39. The molecule has 3 aromatic rings. The van der Waals surface area contributed by atoms with E-state index < -0.39 is 0 Å². The van der Waals surface area contributed by atoms with Gasteiger partial charge in [-0.1, -0.05) is 11.6 Å². The molecule has 0 saturated carbocycles. The van der Waals surface area contributed by atoms with Crippen molar-refractivity contribution in [3.63, 3.8) is 0 Å². The monoisotopic (exact) mass is 422 g/mol. The molecule has 6 nitrogen and oxygen atoms in total. The molecule has 1 aliphatic heterocycles. The molecule has 0 atom stereocenters. The second-order valence-corrected chi connectivity index (χ2v) is 7.20. The molecule has 4 rings (SSSR count). The molecule has 1 saturated heterocycles. The van der Waals surface area contributed by atoms with Crippen LogP contribution < -0.4 is 20.1 Å². The Kier molecular flexibility index (Phi) is 6.23. The second-order valence-electron chi connectivity index (χ2n) is 6.79. The number of nitrogens with two attached hydrogens (primary N) is 1. The lowest BCUT2D eigenvalue weighted by molar-refractivity contribution is 0.395. The maximum atomic E-state index is 6.31. The van der Waals surface area contributed by atoms with Gasteiger partial charge in [-0.15, -0.1) is 12.4 Å². The van der Waals surface area contributed by atoms with E-state index in [2.05, 4.69) is 17.0 Å². The Labute approximate surface area is 175 Å². The molecule has 0 unspecified atom stereocenters. The van der Waals surface area contributed by atoms with Gasteiger partial charge in [-0.25, -0.2) is 4.98 Å². The van der Waals surface area contributed by atoms with E-state index in [1.165, 1.54) is 5.69 Å². The number of anilines is 1. The number of ether oxygens (including phenoxy) is 2. The zero-order valence-corrected chi connectivity index (χ0v) is 17.5. The zero-order chi connectivity index (χ0) is 19.0. The van der Waals surface area contributed by atoms with Crippen LogP contribution in [0.15, 0.2) is 36.7 Å². The number of imidazole rings is 1. The number of pyridine rings is 1. The lowest BCUT2D eigenvalue weighted by Gasteiger charge is -2.31. The van der Waals surface area contributed by atoms with Crippen molar-refractivity contribution in [3.8, 4) is 22.8 Å². The number of benzene rings is 1. The van der Waals surface area contributed by atoms with E-state index in [-0.39, 0.29) is 12.4 Å². The predicted octanol–water partition coefficient (Wildman–Crippen LogP) is 4.02. The molecule has 150 valence electrons. The number of rotatable bonds is 4. The highest BCUT2D eigenvalue weighted by atomic mass is 35.5. The van der Waals surface area contributed by atoms with Crippen molar-refractivity contribution in [2.75, 3.05) is 32.2 Å². The zero-order valence-electron chi connectivity index (χ0n) is 15.9. The number of methoxy groups -OCH3 is 2. The molecule has 0 radical (unpaired) electrons. The third-order valence-electron chi connectivity index (χ3n) is 5.10. The molecule has 0 aliphatic carbocycles. The highest BCUT2D eigenvalue weighted by Gasteiger charge is 2.18. The summed E-state index contributed by atoms with van der Waals surface area (Å²) >= 11 is 6.31. The van der Waals surface area contributed by atoms with E-state index in [1.54, 1.807) is 20.3 Å². The number of halogens is 2. The number of nitrogens with zero attached hydrogens (tertiary/aromatic N) is 3. The van der Waals surface area contributed by atoms with Gasteiger partial charge in [0, 0.05) is 54.9 Å². The summed E-state index contributed by atoms with van der Waals surface area (Å²) in [5, 5.41) is 0.524. The maximum absolute atomic E-state index is 6.31. The lowest BCUT2D eigenvalue weighted by atomic mass is 10.1. The summed E-state index contributed by atoms with van der Waals surface area (Å²) in [5.74, 6) is 1.25. The van der Waals surface area contributed by atoms with Crippen LogP contribution in [-0.4, -0.2) is 42.7 Å². The van der Waals surface area contributed by atoms with Crippen LogP contribution in [0.25, 0.3) is 16.9 Å². The van der Waals surface area contributed by atoms with E-state index in [9.17, 15) is 0 Å². The summed E-state index contributed by atoms with van der Waals surface area (Å²) in [6.45, 7) is 1.96. The molecule has 0 spiro atoms. The third kappa shape index (κ3) is 3.85. The first-order valence-corrected chi connectivity index (χ1v) is 9.38. The highest BCUT2D eigenvalue weighted by molar-refractivity contribution is 6.32. The molecule has 3 heterocycles. The van der Waals surface area contributed by atoms with Crippen molar-refractivity contribution in [2.45, 2.75) is 18.9 Å². The van der Waals surface area contributed by atoms with E-state index in [0.29, 0.717) is 22.6 Å². The molecule has 8 heteroatoms. The minimum Gasteiger partial charge on any atom is -0.496 e. The fourth-order valence-electron chi connectivity index (χ4n) is 3.52. The van der Waals surface area contributed by atoms with Crippen LogP contribution in [0, 0.1) is 0 Å². The van der Waals surface area contributed by atoms with Crippen LogP contribution in [0.1, 0.15) is 12.8 Å². The smallest absolute Gasteiger partial charge is 0.141 e. The quantitative estimate of drug-likeness (QED) is 0.687. The van der Waals surface area contributed by atoms with Gasteiger partial charge in [-0.2, -0.15) is 0 Å². The van der Waals surface area contributed by atoms with Crippen molar-refractivity contribution in [2.24, 2.45) is 5.73 Å². The van der Waals surface area contributed by atoms with Crippen LogP contribution >= 0.6 is 24.0 Å². The predicted molar refractivity (Wildman–Crippen MR) is 115 cm³/mol. The van der Waals surface area contributed by atoms with Gasteiger partial charge >= 0.3 is 0 Å². The molecule has 0 bridgehead atoms. The normalized spacial score (nSPS) is 14.8. The molecule has 1 aromatic carbocycles. The van der Waals surface area contributed by atoms with Crippen LogP contribution in [-0.2, 0) is 0 Å². The highest BCUT2D eigenvalue weighted by Crippen LogP contribution is 2.38. The van der Waals surface area contributed by atoms with Crippen molar-refractivity contribution >= 4 is 35.3 Å². The second kappa shape index (κ2) is 8.47. The number of hydrogen-bond acceptors (Lipinski definition) is 5. The number of hydrogen-bond donors (Lipinski definition) is 1. The molecule has 2 aromatic heterocycles. The Morgan fingerprint density at radius 1 is 1.11 bits per heavy atom. The Morgan fingerprint density at radius 3 is 2.50 bits per heavy atom. The topological polar surface area (TPSA) is 65.0 Å². The number of aromatic nitrogens is 2. The molecule has 1 fully saturated rings. The minimum absolute atomic E-state index is 0. The Bertz CT molecular complexity index is 968. The van der Waals surface area contributed by atoms with Gasteiger partial charge in [0.15, 0.2) is 0 Å². The first-order chi connectivity index (χ1) is 13.1. The van der Waals surface area contributed by atoms with Gasteiger partial charge in [-0.3, -0.25) is 0 Å². The third-order valence-corrected chi connectivity index (χ3v) is 5.39. The Balaban J connectivity index is 0.00000225. The van der Waals surface area contributed by atoms with E-state index in [4.69, 9.17) is 31.8 Å². The SMILES string of the molecule is COc1cc(OC)c(-c2cn3ccc(N4CCC(N)CC4)cc3n2)cc1Cl.Cl. The van der Waals surface area contributed by atoms with Crippen LogP contribution in [0.5, 0.6) is 11.5 Å². The molecule has 0 amide bonds. The summed E-state index contributed by atoms with van der Waals surface area (Å²) in [4.78, 5) is 7.15. The Hall–Kier alpha value is -2.15. The van der Waals surface area contributed by atoms with Gasteiger partial charge in [0.25, 0.3) is 0 Å². The van der Waals surface area contributed by atoms with Crippen LogP contribution in [0.4, 0.5) is 5.69 Å². The molecule has 2 N–H and O–H groups in total. The van der Waals surface area contributed by atoms with Gasteiger partial charge < -0.3 is 24.5 Å². The van der Waals surface area contributed by atoms with Crippen molar-refractivity contribution in [1.82, 2.24) is 9.38 Å². The van der Waals surface area contributed by atoms with Gasteiger partial charge in [0.05, 0.1) is 24.9 Å². The fraction of sp³-hybridized carbons (Fsp3) is 0.350. The van der Waals surface area contributed by atoms with Crippen molar-refractivity contribution < 1.29 is 9.47 Å². The fourth-order valence-corrected chi connectivity index (χ4v) is 3.76. The molecule has 28 heavy (non-hydrogen) atoms. The summed E-state index contributed by atoms with van der Waals surface area (Å²) in [7, 11) is 3.21. The summed E-state index contributed by atoms with van der Waals surface area (Å²) in [5.41, 5.74) is 9.70. The minimum atomic E-state index is 0. The van der Waals surface area contributed by atoms with Gasteiger partial charge in [-0.05, 0) is 25.0 Å². The largest absolute Gasteiger partial charge is 0.496 e. The van der Waals surface area contributed by atoms with Crippen molar-refractivity contribution in [3.05, 3.63) is 41.7 Å². The molecular weight excluding hydrogens is 399 g/mol. The maximum Gasteiger partial charge on any atom is 0.141 e. The average Bonchev–Trinajstić information content (AvgIpc) is 3.11. The number of piperidine rings is 1. The standard InChI is InChI=1S/C20H23ClN4O2.ClH/c1-26-18-11-19(27-2)16(21)10-15(18)17-12-25-8-5-14(9-20(25)23-17)24-6-3-13(22)4-7-24;/h5,8-13H,3-4,6-7,22H2,1-2H3;1H. The van der Waals surface area contributed by atoms with Gasteiger partial charge in [0.1, 0.15) is 17.1 Å². The molecular formula is C20H24Cl2N4O2. The van der Waals surface area contributed by atoms with Crippen LogP contribution in [0.3, 0.4) is 0 Å². The van der Waals surface area contributed by atoms with Gasteiger partial charge in [0.2, 0.25) is 0 Å². The Morgan fingerprint density at radius 2 is 1.82 bits per heavy atom. The molecule has 1 aliphatic rings. The first kappa shape index (κ1) is 20.6. The average molecular weight is 423 g/mol. The number of fused-ring (bicyclic) bond motifs is 1.